The predicted octanol–water partition coefficient (Wildman–Crippen LogP) is 4.23. The number of hydrogen-bond donors (Lipinski definition) is 0. The number of rotatable bonds is 2. The normalized spacial score (nSPS) is 10.8. The van der Waals surface area contributed by atoms with E-state index in [4.69, 9.17) is 0 Å². The number of alkyl halides is 3. The minimum Gasteiger partial charge on any atom is -0.160 e. The van der Waals surface area contributed by atoms with E-state index in [1.165, 1.54) is 6.07 Å². The number of thioether (sulfide) groups is 1. The summed E-state index contributed by atoms with van der Waals surface area (Å²) in [4.78, 5) is 0.182. The van der Waals surface area contributed by atoms with E-state index in [1.807, 2.05) is 6.92 Å². The van der Waals surface area contributed by atoms with Crippen LogP contribution < -0.4 is 0 Å². The first-order valence-corrected chi connectivity index (χ1v) is 5.60. The Labute approximate surface area is 97.2 Å². The van der Waals surface area contributed by atoms with Crippen LogP contribution in [0, 0.1) is 11.8 Å². The summed E-state index contributed by atoms with van der Waals surface area (Å²) in [6.45, 7) is 3.52. The van der Waals surface area contributed by atoms with Crippen LogP contribution in [-0.2, 0) is 6.42 Å². The van der Waals surface area contributed by atoms with E-state index in [1.54, 1.807) is 19.1 Å². The zero-order valence-electron chi connectivity index (χ0n) is 8.98. The van der Waals surface area contributed by atoms with E-state index in [0.717, 1.165) is 5.56 Å². The lowest BCUT2D eigenvalue weighted by Crippen LogP contribution is -2.01. The zero-order chi connectivity index (χ0) is 12.2. The molecule has 16 heavy (non-hydrogen) atoms. The molecule has 0 heterocycles. The molecule has 0 fully saturated rings. The van der Waals surface area contributed by atoms with Gasteiger partial charge in [-0.05, 0) is 36.7 Å². The van der Waals surface area contributed by atoms with Crippen molar-refractivity contribution in [3.05, 3.63) is 29.3 Å². The van der Waals surface area contributed by atoms with Crippen molar-refractivity contribution in [2.75, 3.05) is 0 Å². The lowest BCUT2D eigenvalue weighted by molar-refractivity contribution is -0.0328. The maximum atomic E-state index is 12.3. The molecule has 1 aromatic carbocycles. The molecule has 0 N–H and O–H groups in total. The Bertz CT molecular complexity index is 424. The van der Waals surface area contributed by atoms with Crippen LogP contribution in [0.4, 0.5) is 13.2 Å². The maximum Gasteiger partial charge on any atom is 0.446 e. The van der Waals surface area contributed by atoms with Crippen LogP contribution in [0.25, 0.3) is 0 Å². The second-order valence-electron chi connectivity index (χ2n) is 3.07. The number of aryl methyl sites for hydroxylation is 1. The van der Waals surface area contributed by atoms with E-state index < -0.39 is 5.51 Å². The SMILES string of the molecule is CC#Cc1c(CC)cccc1SC(F)(F)F. The first-order valence-electron chi connectivity index (χ1n) is 4.78. The average molecular weight is 244 g/mol. The summed E-state index contributed by atoms with van der Waals surface area (Å²) in [7, 11) is 0. The molecular weight excluding hydrogens is 233 g/mol. The van der Waals surface area contributed by atoms with Gasteiger partial charge in [0.15, 0.2) is 0 Å². The van der Waals surface area contributed by atoms with Crippen molar-refractivity contribution in [1.29, 1.82) is 0 Å². The average Bonchev–Trinajstić information content (AvgIpc) is 2.18. The molecule has 0 aromatic heterocycles. The van der Waals surface area contributed by atoms with Crippen molar-refractivity contribution in [3.63, 3.8) is 0 Å². The topological polar surface area (TPSA) is 0 Å². The van der Waals surface area contributed by atoms with Crippen LogP contribution in [-0.4, -0.2) is 5.51 Å². The summed E-state index contributed by atoms with van der Waals surface area (Å²) >= 11 is -0.106. The van der Waals surface area contributed by atoms with Gasteiger partial charge in [-0.15, -0.1) is 5.92 Å². The van der Waals surface area contributed by atoms with E-state index in [2.05, 4.69) is 11.8 Å². The quantitative estimate of drug-likeness (QED) is 0.554. The van der Waals surface area contributed by atoms with Gasteiger partial charge in [0.25, 0.3) is 0 Å². The first-order chi connectivity index (χ1) is 7.48. The Balaban J connectivity index is 3.20. The molecule has 0 radical (unpaired) electrons. The molecule has 86 valence electrons. The van der Waals surface area contributed by atoms with Gasteiger partial charge in [0, 0.05) is 10.5 Å². The van der Waals surface area contributed by atoms with Crippen molar-refractivity contribution in [1.82, 2.24) is 0 Å². The molecule has 0 bridgehead atoms. The van der Waals surface area contributed by atoms with Gasteiger partial charge >= 0.3 is 5.51 Å². The van der Waals surface area contributed by atoms with E-state index >= 15 is 0 Å². The number of halogens is 3. The number of benzene rings is 1. The summed E-state index contributed by atoms with van der Waals surface area (Å²) in [5.41, 5.74) is -2.92. The fraction of sp³-hybridized carbons (Fsp3) is 0.333. The molecule has 0 spiro atoms. The highest BCUT2D eigenvalue weighted by atomic mass is 32.2. The smallest absolute Gasteiger partial charge is 0.160 e. The third kappa shape index (κ3) is 3.49. The van der Waals surface area contributed by atoms with Gasteiger partial charge in [-0.3, -0.25) is 0 Å². The Morgan fingerprint density at radius 2 is 2.00 bits per heavy atom. The fourth-order valence-electron chi connectivity index (χ4n) is 1.35. The van der Waals surface area contributed by atoms with Crippen LogP contribution in [0.1, 0.15) is 25.0 Å². The molecule has 1 aromatic rings. The number of hydrogen-bond acceptors (Lipinski definition) is 1. The lowest BCUT2D eigenvalue weighted by Gasteiger charge is -2.10. The molecule has 0 unspecified atom stereocenters. The first kappa shape index (κ1) is 13.0. The van der Waals surface area contributed by atoms with E-state index in [9.17, 15) is 13.2 Å². The highest BCUT2D eigenvalue weighted by Crippen LogP contribution is 2.39. The van der Waals surface area contributed by atoms with Crippen LogP contribution in [0.3, 0.4) is 0 Å². The largest absolute Gasteiger partial charge is 0.446 e. The van der Waals surface area contributed by atoms with Crippen molar-refractivity contribution in [2.24, 2.45) is 0 Å². The van der Waals surface area contributed by atoms with E-state index in [0.29, 0.717) is 12.0 Å². The Morgan fingerprint density at radius 1 is 1.31 bits per heavy atom. The van der Waals surface area contributed by atoms with E-state index in [-0.39, 0.29) is 16.7 Å². The zero-order valence-corrected chi connectivity index (χ0v) is 9.80. The third-order valence-corrected chi connectivity index (χ3v) is 2.76. The standard InChI is InChI=1S/C12H11F3S/c1-3-6-10-9(4-2)7-5-8-11(10)16-12(13,14)15/h5,7-8H,4H2,1-2H3. The Hall–Kier alpha value is -1.08. The fourth-order valence-corrected chi connectivity index (χ4v) is 2.03. The summed E-state index contributed by atoms with van der Waals surface area (Å²) in [5.74, 6) is 5.40. The van der Waals surface area contributed by atoms with Crippen molar-refractivity contribution < 1.29 is 13.2 Å². The van der Waals surface area contributed by atoms with Crippen molar-refractivity contribution in [3.8, 4) is 11.8 Å². The molecule has 0 saturated heterocycles. The molecule has 1 rings (SSSR count). The second-order valence-corrected chi connectivity index (χ2v) is 4.17. The monoisotopic (exact) mass is 244 g/mol. The molecule has 0 aliphatic carbocycles. The third-order valence-electron chi connectivity index (χ3n) is 1.97. The molecule has 0 aliphatic rings. The molecule has 4 heteroatoms. The Morgan fingerprint density at radius 3 is 2.50 bits per heavy atom. The van der Waals surface area contributed by atoms with Crippen molar-refractivity contribution >= 4 is 11.8 Å². The van der Waals surface area contributed by atoms with Crippen LogP contribution in [0.5, 0.6) is 0 Å². The second kappa shape index (κ2) is 5.31. The summed E-state index contributed by atoms with van der Waals surface area (Å²) in [6, 6.07) is 4.89. The lowest BCUT2D eigenvalue weighted by atomic mass is 10.1. The molecule has 0 saturated carbocycles. The highest BCUT2D eigenvalue weighted by Gasteiger charge is 2.30. The van der Waals surface area contributed by atoms with Gasteiger partial charge in [0.05, 0.1) is 0 Å². The van der Waals surface area contributed by atoms with Crippen LogP contribution >= 0.6 is 11.8 Å². The summed E-state index contributed by atoms with van der Waals surface area (Å²) in [6.07, 6.45) is 0.677. The molecule has 0 nitrogen and oxygen atoms in total. The van der Waals surface area contributed by atoms with Gasteiger partial charge in [0.1, 0.15) is 0 Å². The van der Waals surface area contributed by atoms with Crippen molar-refractivity contribution in [2.45, 2.75) is 30.7 Å². The maximum absolute atomic E-state index is 12.3. The summed E-state index contributed by atoms with van der Waals surface area (Å²) < 4.78 is 36.9. The molecular formula is C12H11F3S. The van der Waals surface area contributed by atoms with Gasteiger partial charge in [-0.2, -0.15) is 13.2 Å². The van der Waals surface area contributed by atoms with Crippen LogP contribution in [0.2, 0.25) is 0 Å². The van der Waals surface area contributed by atoms with Gasteiger partial charge in [-0.1, -0.05) is 25.0 Å². The molecule has 0 atom stereocenters. The molecule has 0 amide bonds. The van der Waals surface area contributed by atoms with Gasteiger partial charge < -0.3 is 0 Å². The summed E-state index contributed by atoms with van der Waals surface area (Å²) in [5, 5.41) is 0. The van der Waals surface area contributed by atoms with Gasteiger partial charge in [-0.25, -0.2) is 0 Å². The van der Waals surface area contributed by atoms with Crippen LogP contribution in [0.15, 0.2) is 23.1 Å². The minimum atomic E-state index is -4.27. The Kier molecular flexibility index (Phi) is 4.31. The van der Waals surface area contributed by atoms with Gasteiger partial charge in [0.2, 0.25) is 0 Å². The predicted molar refractivity (Wildman–Crippen MR) is 60.3 cm³/mol. The highest BCUT2D eigenvalue weighted by molar-refractivity contribution is 8.00. The minimum absolute atomic E-state index is 0.106. The molecule has 0 aliphatic heterocycles.